The summed E-state index contributed by atoms with van der Waals surface area (Å²) in [4.78, 5) is 142. The number of rotatable bonds is 12. The van der Waals surface area contributed by atoms with Crippen LogP contribution in [0, 0.1) is 0 Å². The molecule has 98 heavy (non-hydrogen) atoms. The Bertz CT molecular complexity index is 4270. The van der Waals surface area contributed by atoms with Gasteiger partial charge in [-0.1, -0.05) is 72.8 Å². The Morgan fingerprint density at radius 2 is 0.908 bits per heavy atom. The van der Waals surface area contributed by atoms with Gasteiger partial charge in [-0.15, -0.1) is 0 Å². The molecule has 4 aliphatic rings. The second kappa shape index (κ2) is 32.7. The van der Waals surface area contributed by atoms with E-state index in [-0.39, 0.29) is 62.0 Å². The summed E-state index contributed by atoms with van der Waals surface area (Å²) in [5.41, 5.74) is 9.05. The summed E-state index contributed by atoms with van der Waals surface area (Å²) in [7, 11) is 0. The predicted molar refractivity (Wildman–Crippen MR) is 363 cm³/mol. The fourth-order valence-corrected chi connectivity index (χ4v) is 9.76. The number of pyridine rings is 4. The van der Waals surface area contributed by atoms with Crippen LogP contribution in [-0.4, -0.2) is 130 Å². The maximum absolute atomic E-state index is 12.6. The molecule has 0 saturated heterocycles. The number of hydrogen-bond donors (Lipinski definition) is 6. The van der Waals surface area contributed by atoms with Crippen LogP contribution in [0.4, 0.5) is 70.9 Å². The minimum Gasteiger partial charge on any atom is -0.488 e. The summed E-state index contributed by atoms with van der Waals surface area (Å²) in [6.07, 6.45) is 3.47. The van der Waals surface area contributed by atoms with Crippen LogP contribution in [0.1, 0.15) is 44.7 Å². The number of carbonyl (C=O) groups is 10. The maximum Gasteiger partial charge on any atom is 0.334 e. The number of imide groups is 2. The van der Waals surface area contributed by atoms with Crippen LogP contribution in [-0.2, 0) is 46.3 Å². The number of benzene rings is 4. The van der Waals surface area contributed by atoms with E-state index in [9.17, 15) is 47.9 Å². The largest absolute Gasteiger partial charge is 0.488 e. The molecular formula is C68H64BrN13O16. The van der Waals surface area contributed by atoms with Gasteiger partial charge in [0.15, 0.2) is 59.5 Å². The molecule has 29 nitrogen and oxygen atoms in total. The van der Waals surface area contributed by atoms with Gasteiger partial charge in [-0.25, -0.2) is 48.9 Å². The molecule has 12 rings (SSSR count). The van der Waals surface area contributed by atoms with Crippen LogP contribution >= 0.6 is 15.9 Å². The molecule has 0 spiro atoms. The first kappa shape index (κ1) is 70.0. The molecule has 4 aromatic heterocycles. The van der Waals surface area contributed by atoms with Crippen molar-refractivity contribution in [2.45, 2.75) is 52.1 Å². The second-order valence-corrected chi connectivity index (χ2v) is 23.2. The second-order valence-electron chi connectivity index (χ2n) is 22.4. The zero-order valence-electron chi connectivity index (χ0n) is 52.8. The molecular weight excluding hydrogens is 1330 g/mol. The predicted octanol–water partition coefficient (Wildman–Crippen LogP) is 9.88. The Kier molecular flexibility index (Phi) is 23.3. The number of nitrogens with zero attached hydrogens (tertiary/aromatic N) is 8. The van der Waals surface area contributed by atoms with E-state index in [2.05, 4.69) is 57.1 Å². The highest BCUT2D eigenvalue weighted by Crippen LogP contribution is 2.35. The summed E-state index contributed by atoms with van der Waals surface area (Å²) in [6, 6.07) is 42.3. The van der Waals surface area contributed by atoms with Gasteiger partial charge in [0.1, 0.15) is 47.8 Å². The van der Waals surface area contributed by atoms with E-state index in [0.717, 1.165) is 9.80 Å². The van der Waals surface area contributed by atoms with Crippen LogP contribution in [0.15, 0.2) is 175 Å². The average Bonchev–Trinajstić information content (AvgIpc) is 0.812. The van der Waals surface area contributed by atoms with Crippen LogP contribution in [0.5, 0.6) is 23.0 Å². The van der Waals surface area contributed by atoms with E-state index in [1.807, 2.05) is 48.5 Å². The number of nitrogens with two attached hydrogens (primary N) is 1. The van der Waals surface area contributed by atoms with E-state index in [0.29, 0.717) is 105 Å². The Morgan fingerprint density at radius 1 is 0.510 bits per heavy atom. The molecule has 0 atom stereocenters. The monoisotopic (exact) mass is 1400 g/mol. The zero-order chi connectivity index (χ0) is 69.9. The molecule has 0 fully saturated rings. The van der Waals surface area contributed by atoms with Crippen molar-refractivity contribution >= 4 is 127 Å². The number of carboxylic acids is 1. The van der Waals surface area contributed by atoms with E-state index < -0.39 is 53.6 Å². The number of para-hydroxylation sites is 4. The van der Waals surface area contributed by atoms with E-state index in [1.54, 1.807) is 118 Å². The van der Waals surface area contributed by atoms with Gasteiger partial charge in [0.25, 0.3) is 11.8 Å². The lowest BCUT2D eigenvalue weighted by molar-refractivity contribution is -0.156. The van der Waals surface area contributed by atoms with Crippen molar-refractivity contribution in [1.29, 1.82) is 0 Å². The Balaban J connectivity index is 0.000000154. The Hall–Kier alpha value is -12.3. The van der Waals surface area contributed by atoms with Crippen molar-refractivity contribution in [3.05, 3.63) is 186 Å². The third-order valence-electron chi connectivity index (χ3n) is 13.6. The molecule has 4 aliphatic heterocycles. The van der Waals surface area contributed by atoms with Crippen molar-refractivity contribution in [3.8, 4) is 23.0 Å². The molecule has 4 aromatic carbocycles. The highest BCUT2D eigenvalue weighted by Gasteiger charge is 2.35. The van der Waals surface area contributed by atoms with E-state index >= 15 is 0 Å². The van der Waals surface area contributed by atoms with Crippen molar-refractivity contribution in [2.24, 2.45) is 0 Å². The number of nitrogen functional groups attached to an aromatic ring is 1. The number of carbonyl (C=O) groups excluding carboxylic acids is 9. The lowest BCUT2D eigenvalue weighted by atomic mass is 10.1. The molecule has 0 radical (unpaired) electrons. The number of nitrogens with one attached hydrogen (secondary N) is 4. The van der Waals surface area contributed by atoms with Crippen molar-refractivity contribution in [2.75, 3.05) is 86.1 Å². The first-order valence-electron chi connectivity index (χ1n) is 30.1. The molecule has 7 N–H and O–H groups in total. The van der Waals surface area contributed by atoms with Gasteiger partial charge in [-0.05, 0) is 121 Å². The number of anilines is 9. The van der Waals surface area contributed by atoms with Gasteiger partial charge >= 0.3 is 36.1 Å². The fraction of sp³-hybridized carbons (Fsp3) is 0.206. The van der Waals surface area contributed by atoms with Crippen LogP contribution < -0.4 is 65.5 Å². The normalized spacial score (nSPS) is 13.1. The maximum atomic E-state index is 12.6. The molecule has 504 valence electrons. The van der Waals surface area contributed by atoms with Crippen molar-refractivity contribution < 1.29 is 76.7 Å². The number of aliphatic carboxylic acids is 1. The molecule has 30 heteroatoms. The van der Waals surface area contributed by atoms with Gasteiger partial charge in [0.2, 0.25) is 0 Å². The smallest absolute Gasteiger partial charge is 0.334 e. The number of carboxylic acid groups (broad SMARTS) is 1. The average molecular weight is 1400 g/mol. The first-order chi connectivity index (χ1) is 47.0. The SMILES string of the molecule is CC(C)(C)OC(=O)CC(=O)Cc1cnc2c(c1)OCCN2C(=O)Nc1ccccc1.Nc1cnc2c(c1)OCC(=O)N2C(=O)Nc1ccccc1.O=C(O)CC(=O)Cc1cnc2c(c1)OCCN2C(=O)Nc1ccccc1.O=C1COc2ccc(Br)nc2N1C(=O)Nc1ccccc1. The number of Topliss-reactive ketones (excluding diaryl/α,β-unsaturated/α-hetero) is 2. The number of amides is 10. The van der Waals surface area contributed by atoms with Crippen molar-refractivity contribution in [1.82, 2.24) is 19.9 Å². The summed E-state index contributed by atoms with van der Waals surface area (Å²) in [5, 5.41) is 19.6. The lowest BCUT2D eigenvalue weighted by Crippen LogP contribution is -2.46. The van der Waals surface area contributed by atoms with Crippen LogP contribution in [0.25, 0.3) is 0 Å². The minimum atomic E-state index is -1.17. The third-order valence-corrected chi connectivity index (χ3v) is 14.1. The topological polar surface area (TPSA) is 376 Å². The Labute approximate surface area is 568 Å². The van der Waals surface area contributed by atoms with Crippen LogP contribution in [0.3, 0.4) is 0 Å². The van der Waals surface area contributed by atoms with E-state index in [1.165, 1.54) is 34.5 Å². The number of fused-ring (bicyclic) bond motifs is 4. The lowest BCUT2D eigenvalue weighted by Gasteiger charge is -2.28. The number of halogens is 1. The first-order valence-corrected chi connectivity index (χ1v) is 30.9. The third kappa shape index (κ3) is 19.6. The van der Waals surface area contributed by atoms with Gasteiger partial charge in [0, 0.05) is 54.1 Å². The highest BCUT2D eigenvalue weighted by atomic mass is 79.9. The summed E-state index contributed by atoms with van der Waals surface area (Å²) >= 11 is 3.22. The summed E-state index contributed by atoms with van der Waals surface area (Å²) < 4.78 is 27.4. The highest BCUT2D eigenvalue weighted by molar-refractivity contribution is 9.10. The Morgan fingerprint density at radius 3 is 1.35 bits per heavy atom. The molecule has 0 bridgehead atoms. The number of aromatic nitrogens is 4. The quantitative estimate of drug-likeness (QED) is 0.0376. The standard InChI is InChI=1S/C22H25N3O5.C18H17N3O5.C14H10BrN3O3.C14H12N4O3/c1-22(2,3)30-19(27)13-17(26)11-15-12-18-20(23-14-15)25(9-10-29-18)21(28)24-16-7-5-4-6-8-16;22-14(10-16(23)24)8-12-9-15-17(19-11-12)21(6-7-26-15)18(25)20-13-4-2-1-3-5-13;15-11-7-6-10-13(17-11)18(12(19)8-21-10)14(20)16-9-4-2-1-3-5-9;15-9-6-11-13(16-7-9)18(12(19)8-21-11)14(20)17-10-4-2-1-3-5-10/h4-8,12,14H,9-11,13H2,1-3H3,(H,24,28);1-5,9,11H,6-8,10H2,(H,20,25)(H,23,24);1-7H,8H2,(H,16,20);1-7H,8,15H2,(H,17,20). The van der Waals surface area contributed by atoms with Gasteiger partial charge in [0.05, 0.1) is 25.0 Å². The molecule has 10 amide bonds. The summed E-state index contributed by atoms with van der Waals surface area (Å²) in [6.45, 7) is 6.12. The molecule has 8 heterocycles. The van der Waals surface area contributed by atoms with Gasteiger partial charge < -0.3 is 55.8 Å². The number of urea groups is 4. The van der Waals surface area contributed by atoms with Gasteiger partial charge in [-0.3, -0.25) is 38.6 Å². The molecule has 8 aromatic rings. The summed E-state index contributed by atoms with van der Waals surface area (Å²) in [5.74, 6) is -0.825. The molecule has 0 saturated carbocycles. The number of ketones is 2. The fourth-order valence-electron chi connectivity index (χ4n) is 9.46. The number of esters is 1. The zero-order valence-corrected chi connectivity index (χ0v) is 54.4. The van der Waals surface area contributed by atoms with Crippen LogP contribution in [0.2, 0.25) is 0 Å². The number of ether oxygens (including phenoxy) is 5. The number of hydrogen-bond acceptors (Lipinski definition) is 20. The van der Waals surface area contributed by atoms with Crippen molar-refractivity contribution in [3.63, 3.8) is 0 Å². The molecule has 0 aliphatic carbocycles. The van der Waals surface area contributed by atoms with Gasteiger partial charge in [-0.2, -0.15) is 0 Å². The molecule has 0 unspecified atom stereocenters. The minimum absolute atomic E-state index is 0.0269. The van der Waals surface area contributed by atoms with E-state index in [4.69, 9.17) is 34.5 Å².